The molecule has 5 nitrogen and oxygen atoms in total. The molecule has 8 heteroatoms. The maximum atomic E-state index is 13.2. The van der Waals surface area contributed by atoms with Crippen LogP contribution < -0.4 is 4.18 Å². The number of amides is 1. The fraction of sp³-hybridized carbons (Fsp3) is 0.409. The number of halogens is 2. The number of hydrogen-bond acceptors (Lipinski definition) is 4. The predicted octanol–water partition coefficient (Wildman–Crippen LogP) is 5.17. The van der Waals surface area contributed by atoms with Crippen LogP contribution in [0.15, 0.2) is 47.4 Å². The Balaban J connectivity index is 1.90. The lowest BCUT2D eigenvalue weighted by Gasteiger charge is -2.35. The van der Waals surface area contributed by atoms with Crippen molar-refractivity contribution in [3.8, 4) is 5.75 Å². The van der Waals surface area contributed by atoms with Gasteiger partial charge in [0, 0.05) is 29.1 Å². The SMILES string of the molecule is CCC(C)N(Cc1cc(Cl)ccc1OS(=O)(=O)c1ccc(F)cc1)C(=O)C1CCC1. The molecule has 0 spiro atoms. The zero-order valence-electron chi connectivity index (χ0n) is 17.0. The Morgan fingerprint density at radius 3 is 2.47 bits per heavy atom. The van der Waals surface area contributed by atoms with Crippen molar-refractivity contribution in [2.24, 2.45) is 5.92 Å². The van der Waals surface area contributed by atoms with Gasteiger partial charge in [0.1, 0.15) is 16.5 Å². The van der Waals surface area contributed by atoms with Crippen molar-refractivity contribution >= 4 is 27.6 Å². The number of carbonyl (C=O) groups excluding carboxylic acids is 1. The van der Waals surface area contributed by atoms with Crippen molar-refractivity contribution in [1.82, 2.24) is 4.90 Å². The summed E-state index contributed by atoms with van der Waals surface area (Å²) in [5, 5.41) is 0.414. The smallest absolute Gasteiger partial charge is 0.339 e. The Morgan fingerprint density at radius 1 is 1.23 bits per heavy atom. The molecule has 0 aliphatic heterocycles. The zero-order chi connectivity index (χ0) is 21.9. The third-order valence-corrected chi connectivity index (χ3v) is 7.01. The summed E-state index contributed by atoms with van der Waals surface area (Å²) < 4.78 is 43.8. The van der Waals surface area contributed by atoms with Crippen molar-refractivity contribution in [3.05, 3.63) is 58.9 Å². The molecule has 1 unspecified atom stereocenters. The first kappa shape index (κ1) is 22.6. The highest BCUT2D eigenvalue weighted by molar-refractivity contribution is 7.87. The summed E-state index contributed by atoms with van der Waals surface area (Å²) in [6, 6.07) is 9.00. The van der Waals surface area contributed by atoms with Crippen LogP contribution in [0.2, 0.25) is 5.02 Å². The number of nitrogens with zero attached hydrogens (tertiary/aromatic N) is 1. The quantitative estimate of drug-likeness (QED) is 0.517. The fourth-order valence-electron chi connectivity index (χ4n) is 3.27. The van der Waals surface area contributed by atoms with Gasteiger partial charge in [-0.05, 0) is 68.7 Å². The Kier molecular flexibility index (Phi) is 7.03. The van der Waals surface area contributed by atoms with E-state index in [1.807, 2.05) is 13.8 Å². The van der Waals surface area contributed by atoms with Crippen LogP contribution in [0.25, 0.3) is 0 Å². The third kappa shape index (κ3) is 5.13. The number of benzene rings is 2. The van der Waals surface area contributed by atoms with Gasteiger partial charge >= 0.3 is 10.1 Å². The first-order valence-corrected chi connectivity index (χ1v) is 11.8. The van der Waals surface area contributed by atoms with Crippen molar-refractivity contribution in [2.75, 3.05) is 0 Å². The highest BCUT2D eigenvalue weighted by atomic mass is 35.5. The van der Waals surface area contributed by atoms with Crippen molar-refractivity contribution in [3.63, 3.8) is 0 Å². The second kappa shape index (κ2) is 9.35. The summed E-state index contributed by atoms with van der Waals surface area (Å²) in [4.78, 5) is 14.6. The Morgan fingerprint density at radius 2 is 1.90 bits per heavy atom. The molecule has 1 aliphatic carbocycles. The van der Waals surface area contributed by atoms with Crippen LogP contribution in [0.4, 0.5) is 4.39 Å². The topological polar surface area (TPSA) is 63.7 Å². The predicted molar refractivity (Wildman–Crippen MR) is 113 cm³/mol. The van der Waals surface area contributed by atoms with Gasteiger partial charge in [-0.3, -0.25) is 4.79 Å². The van der Waals surface area contributed by atoms with Crippen LogP contribution in [0.5, 0.6) is 5.75 Å². The van der Waals surface area contributed by atoms with Crippen LogP contribution in [0, 0.1) is 11.7 Å². The molecule has 1 saturated carbocycles. The minimum absolute atomic E-state index is 0.0152. The Bertz CT molecular complexity index is 1010. The molecule has 2 aromatic rings. The summed E-state index contributed by atoms with van der Waals surface area (Å²) in [6.07, 6.45) is 3.57. The summed E-state index contributed by atoms with van der Waals surface area (Å²) in [7, 11) is -4.17. The fourth-order valence-corrected chi connectivity index (χ4v) is 4.42. The van der Waals surface area contributed by atoms with Crippen LogP contribution in [0.3, 0.4) is 0 Å². The highest BCUT2D eigenvalue weighted by Gasteiger charge is 2.32. The average molecular weight is 454 g/mol. The van der Waals surface area contributed by atoms with Crippen molar-refractivity contribution in [1.29, 1.82) is 0 Å². The van der Waals surface area contributed by atoms with E-state index in [-0.39, 0.29) is 35.1 Å². The molecule has 0 bridgehead atoms. The van der Waals surface area contributed by atoms with Crippen LogP contribution in [-0.2, 0) is 21.5 Å². The van der Waals surface area contributed by atoms with E-state index in [9.17, 15) is 17.6 Å². The highest BCUT2D eigenvalue weighted by Crippen LogP contribution is 2.32. The van der Waals surface area contributed by atoms with Crippen LogP contribution >= 0.6 is 11.6 Å². The number of carbonyl (C=O) groups is 1. The largest absolute Gasteiger partial charge is 0.379 e. The summed E-state index contributed by atoms with van der Waals surface area (Å²) in [6.45, 7) is 4.16. The van der Waals surface area contributed by atoms with E-state index in [1.165, 1.54) is 12.1 Å². The lowest BCUT2D eigenvalue weighted by Crippen LogP contribution is -2.43. The van der Waals surface area contributed by atoms with Crippen molar-refractivity contribution in [2.45, 2.75) is 57.0 Å². The molecule has 0 radical (unpaired) electrons. The van der Waals surface area contributed by atoms with E-state index in [0.29, 0.717) is 10.6 Å². The summed E-state index contributed by atoms with van der Waals surface area (Å²) in [5.74, 6) is -0.355. The van der Waals surface area contributed by atoms with Gasteiger partial charge < -0.3 is 9.08 Å². The molecular weight excluding hydrogens is 429 g/mol. The van der Waals surface area contributed by atoms with Crippen molar-refractivity contribution < 1.29 is 21.8 Å². The van der Waals surface area contributed by atoms with Gasteiger partial charge in [-0.1, -0.05) is 24.9 Å². The zero-order valence-corrected chi connectivity index (χ0v) is 18.5. The molecule has 2 aromatic carbocycles. The standard InChI is InChI=1S/C22H25ClFNO4S/c1-3-15(2)25(22(26)16-5-4-6-16)14-17-13-18(23)7-12-21(17)29-30(27,28)20-10-8-19(24)9-11-20/h7-13,15-16H,3-6,14H2,1-2H3. The molecule has 0 heterocycles. The molecule has 3 rings (SSSR count). The molecule has 0 aromatic heterocycles. The molecule has 1 fully saturated rings. The van der Waals surface area contributed by atoms with E-state index in [2.05, 4.69) is 0 Å². The molecule has 1 aliphatic rings. The van der Waals surface area contributed by atoms with Crippen LogP contribution in [-0.4, -0.2) is 25.3 Å². The Hall–Kier alpha value is -2.12. The normalized spacial score (nSPS) is 15.3. The molecule has 162 valence electrons. The minimum Gasteiger partial charge on any atom is -0.379 e. The van der Waals surface area contributed by atoms with Gasteiger partial charge in [-0.15, -0.1) is 0 Å². The van der Waals surface area contributed by atoms with Gasteiger partial charge in [0.15, 0.2) is 0 Å². The second-order valence-electron chi connectivity index (χ2n) is 7.59. The van der Waals surface area contributed by atoms with Gasteiger partial charge in [0.25, 0.3) is 0 Å². The molecule has 0 N–H and O–H groups in total. The van der Waals surface area contributed by atoms with E-state index >= 15 is 0 Å². The maximum absolute atomic E-state index is 13.2. The minimum atomic E-state index is -4.17. The first-order valence-electron chi connectivity index (χ1n) is 10.00. The van der Waals surface area contributed by atoms with Gasteiger partial charge in [-0.25, -0.2) is 4.39 Å². The number of rotatable bonds is 8. The lowest BCUT2D eigenvalue weighted by molar-refractivity contribution is -0.141. The summed E-state index contributed by atoms with van der Waals surface area (Å²) in [5.41, 5.74) is 0.501. The molecular formula is C22H25ClFNO4S. The van der Waals surface area contributed by atoms with E-state index < -0.39 is 15.9 Å². The van der Waals surface area contributed by atoms with E-state index in [0.717, 1.165) is 49.9 Å². The van der Waals surface area contributed by atoms with Gasteiger partial charge in [-0.2, -0.15) is 8.42 Å². The molecule has 30 heavy (non-hydrogen) atoms. The molecule has 1 atom stereocenters. The first-order chi connectivity index (χ1) is 14.2. The molecule has 0 saturated heterocycles. The number of hydrogen-bond donors (Lipinski definition) is 0. The lowest BCUT2D eigenvalue weighted by atomic mass is 9.84. The monoisotopic (exact) mass is 453 g/mol. The van der Waals surface area contributed by atoms with Crippen LogP contribution in [0.1, 0.15) is 45.1 Å². The van der Waals surface area contributed by atoms with E-state index in [4.69, 9.17) is 15.8 Å². The molecule has 1 amide bonds. The average Bonchev–Trinajstić information content (AvgIpc) is 2.66. The van der Waals surface area contributed by atoms with Gasteiger partial charge in [0.2, 0.25) is 5.91 Å². The summed E-state index contributed by atoms with van der Waals surface area (Å²) >= 11 is 6.15. The third-order valence-electron chi connectivity index (χ3n) is 5.53. The second-order valence-corrected chi connectivity index (χ2v) is 9.58. The van der Waals surface area contributed by atoms with E-state index in [1.54, 1.807) is 11.0 Å². The maximum Gasteiger partial charge on any atom is 0.339 e. The van der Waals surface area contributed by atoms with Gasteiger partial charge in [0.05, 0.1) is 0 Å². The Labute approximate surface area is 181 Å².